The van der Waals surface area contributed by atoms with Gasteiger partial charge in [0.2, 0.25) is 5.91 Å². The second-order valence-corrected chi connectivity index (χ2v) is 5.99. The van der Waals surface area contributed by atoms with E-state index in [1.165, 1.54) is 0 Å². The van der Waals surface area contributed by atoms with Crippen molar-refractivity contribution in [1.82, 2.24) is 5.32 Å². The zero-order valence-corrected chi connectivity index (χ0v) is 10.6. The van der Waals surface area contributed by atoms with Crippen LogP contribution in [-0.4, -0.2) is 25.2 Å². The first-order chi connectivity index (χ1) is 7.52. The van der Waals surface area contributed by atoms with Gasteiger partial charge < -0.3 is 10.1 Å². The molecule has 3 unspecified atom stereocenters. The van der Waals surface area contributed by atoms with Gasteiger partial charge in [-0.1, -0.05) is 20.8 Å². The highest BCUT2D eigenvalue weighted by atomic mass is 16.5. The Hall–Kier alpha value is -0.570. The average molecular weight is 225 g/mol. The van der Waals surface area contributed by atoms with Gasteiger partial charge in [-0.05, 0) is 24.7 Å². The first kappa shape index (κ1) is 11.9. The van der Waals surface area contributed by atoms with Gasteiger partial charge in [0.25, 0.3) is 0 Å². The van der Waals surface area contributed by atoms with E-state index in [2.05, 4.69) is 26.1 Å². The molecule has 0 aromatic heterocycles. The highest BCUT2D eigenvalue weighted by Gasteiger charge is 2.49. The molecule has 1 N–H and O–H groups in total. The monoisotopic (exact) mass is 225 g/mol. The summed E-state index contributed by atoms with van der Waals surface area (Å²) >= 11 is 0. The van der Waals surface area contributed by atoms with Crippen LogP contribution < -0.4 is 5.32 Å². The molecule has 3 heteroatoms. The summed E-state index contributed by atoms with van der Waals surface area (Å²) in [6, 6.07) is 0.340. The lowest BCUT2D eigenvalue weighted by molar-refractivity contribution is -0.119. The Balaban J connectivity index is 2.12. The Bertz CT molecular complexity index is 271. The summed E-state index contributed by atoms with van der Waals surface area (Å²) in [6.07, 6.45) is 2.87. The van der Waals surface area contributed by atoms with Crippen LogP contribution in [0.5, 0.6) is 0 Å². The maximum atomic E-state index is 11.7. The third-order valence-electron chi connectivity index (χ3n) is 4.24. The Kier molecular flexibility index (Phi) is 3.24. The van der Waals surface area contributed by atoms with Crippen molar-refractivity contribution in [2.45, 2.75) is 46.1 Å². The van der Waals surface area contributed by atoms with Crippen LogP contribution in [0.3, 0.4) is 0 Å². The van der Waals surface area contributed by atoms with Crippen LogP contribution in [0.25, 0.3) is 0 Å². The first-order valence-corrected chi connectivity index (χ1v) is 6.39. The molecule has 2 heterocycles. The standard InChI is InChI=1S/C13H23NO2/c1-9(2)6-11-13(3,7-12(15)14-11)10-4-5-16-8-10/h9-11H,4-8H2,1-3H3,(H,14,15). The maximum absolute atomic E-state index is 11.7. The van der Waals surface area contributed by atoms with Crippen LogP contribution in [0.1, 0.15) is 40.0 Å². The molecule has 3 nitrogen and oxygen atoms in total. The van der Waals surface area contributed by atoms with Crippen LogP contribution >= 0.6 is 0 Å². The largest absolute Gasteiger partial charge is 0.381 e. The van der Waals surface area contributed by atoms with Crippen LogP contribution in [0.4, 0.5) is 0 Å². The van der Waals surface area contributed by atoms with Crippen LogP contribution in [0.15, 0.2) is 0 Å². The highest BCUT2D eigenvalue weighted by Crippen LogP contribution is 2.44. The number of ether oxygens (including phenoxy) is 1. The molecular weight excluding hydrogens is 202 g/mol. The molecule has 16 heavy (non-hydrogen) atoms. The molecule has 0 aromatic carbocycles. The molecule has 0 radical (unpaired) electrons. The normalized spacial score (nSPS) is 39.4. The van der Waals surface area contributed by atoms with Crippen LogP contribution in [-0.2, 0) is 9.53 Å². The Morgan fingerprint density at radius 3 is 2.88 bits per heavy atom. The first-order valence-electron chi connectivity index (χ1n) is 6.39. The second kappa shape index (κ2) is 4.36. The minimum absolute atomic E-state index is 0.109. The van der Waals surface area contributed by atoms with E-state index in [1.54, 1.807) is 0 Å². The summed E-state index contributed by atoms with van der Waals surface area (Å²) in [7, 11) is 0. The van der Waals surface area contributed by atoms with Crippen molar-refractivity contribution in [2.24, 2.45) is 17.3 Å². The van der Waals surface area contributed by atoms with E-state index in [4.69, 9.17) is 4.74 Å². The van der Waals surface area contributed by atoms with E-state index in [-0.39, 0.29) is 11.3 Å². The van der Waals surface area contributed by atoms with Crippen molar-refractivity contribution in [1.29, 1.82) is 0 Å². The minimum Gasteiger partial charge on any atom is -0.381 e. The lowest BCUT2D eigenvalue weighted by atomic mass is 9.69. The van der Waals surface area contributed by atoms with E-state index in [0.717, 1.165) is 26.1 Å². The van der Waals surface area contributed by atoms with Crippen molar-refractivity contribution >= 4 is 5.91 Å². The van der Waals surface area contributed by atoms with E-state index in [1.807, 2.05) is 0 Å². The predicted molar refractivity (Wildman–Crippen MR) is 63.0 cm³/mol. The molecule has 0 aliphatic carbocycles. The summed E-state index contributed by atoms with van der Waals surface area (Å²) in [5.74, 6) is 1.40. The van der Waals surface area contributed by atoms with Gasteiger partial charge in [0, 0.05) is 24.5 Å². The smallest absolute Gasteiger partial charge is 0.220 e. The van der Waals surface area contributed by atoms with Gasteiger partial charge in [0.1, 0.15) is 0 Å². The zero-order valence-electron chi connectivity index (χ0n) is 10.6. The summed E-state index contributed by atoms with van der Waals surface area (Å²) in [5, 5.41) is 3.16. The maximum Gasteiger partial charge on any atom is 0.220 e. The number of carbonyl (C=O) groups excluding carboxylic acids is 1. The summed E-state index contributed by atoms with van der Waals surface area (Å²) in [4.78, 5) is 11.7. The fraction of sp³-hybridized carbons (Fsp3) is 0.923. The van der Waals surface area contributed by atoms with Gasteiger partial charge in [-0.15, -0.1) is 0 Å². The second-order valence-electron chi connectivity index (χ2n) is 5.99. The lowest BCUT2D eigenvalue weighted by Crippen LogP contribution is -2.41. The average Bonchev–Trinajstić information content (AvgIpc) is 2.75. The Morgan fingerprint density at radius 2 is 2.31 bits per heavy atom. The van der Waals surface area contributed by atoms with Gasteiger partial charge >= 0.3 is 0 Å². The fourth-order valence-electron chi connectivity index (χ4n) is 3.16. The lowest BCUT2D eigenvalue weighted by Gasteiger charge is -2.36. The molecule has 0 bridgehead atoms. The molecule has 0 aromatic rings. The number of carbonyl (C=O) groups is 1. The minimum atomic E-state index is 0.109. The molecule has 0 spiro atoms. The molecule has 1 amide bonds. The molecule has 92 valence electrons. The van der Waals surface area contributed by atoms with Gasteiger partial charge in [-0.2, -0.15) is 0 Å². The number of hydrogen-bond donors (Lipinski definition) is 1. The van der Waals surface area contributed by atoms with Gasteiger partial charge in [-0.25, -0.2) is 0 Å². The SMILES string of the molecule is CC(C)CC1NC(=O)CC1(C)C1CCOC1. The Labute approximate surface area is 97.9 Å². The highest BCUT2D eigenvalue weighted by molar-refractivity contribution is 5.80. The van der Waals surface area contributed by atoms with Crippen molar-refractivity contribution < 1.29 is 9.53 Å². The number of hydrogen-bond acceptors (Lipinski definition) is 2. The van der Waals surface area contributed by atoms with Crippen molar-refractivity contribution in [3.8, 4) is 0 Å². The summed E-state index contributed by atoms with van der Waals surface area (Å²) < 4.78 is 5.48. The van der Waals surface area contributed by atoms with Crippen molar-refractivity contribution in [2.75, 3.05) is 13.2 Å². The van der Waals surface area contributed by atoms with E-state index in [0.29, 0.717) is 24.3 Å². The number of rotatable bonds is 3. The molecule has 2 fully saturated rings. The van der Waals surface area contributed by atoms with E-state index < -0.39 is 0 Å². The Morgan fingerprint density at radius 1 is 1.56 bits per heavy atom. The van der Waals surface area contributed by atoms with Gasteiger partial charge in [0.15, 0.2) is 0 Å². The fourth-order valence-corrected chi connectivity index (χ4v) is 3.16. The summed E-state index contributed by atoms with van der Waals surface area (Å²) in [5.41, 5.74) is 0.109. The van der Waals surface area contributed by atoms with Gasteiger partial charge in [-0.3, -0.25) is 4.79 Å². The topological polar surface area (TPSA) is 38.3 Å². The molecule has 2 aliphatic rings. The molecular formula is C13H23NO2. The van der Waals surface area contributed by atoms with Crippen LogP contribution in [0.2, 0.25) is 0 Å². The molecule has 2 saturated heterocycles. The summed E-state index contributed by atoms with van der Waals surface area (Å²) in [6.45, 7) is 8.40. The third kappa shape index (κ3) is 2.10. The quantitative estimate of drug-likeness (QED) is 0.797. The predicted octanol–water partition coefficient (Wildman–Crippen LogP) is 1.96. The van der Waals surface area contributed by atoms with E-state index in [9.17, 15) is 4.79 Å². The van der Waals surface area contributed by atoms with Crippen molar-refractivity contribution in [3.05, 3.63) is 0 Å². The van der Waals surface area contributed by atoms with Crippen LogP contribution in [0, 0.1) is 17.3 Å². The molecule has 3 atom stereocenters. The number of amides is 1. The zero-order chi connectivity index (χ0) is 11.8. The molecule has 0 saturated carbocycles. The number of nitrogens with one attached hydrogen (secondary N) is 1. The van der Waals surface area contributed by atoms with Gasteiger partial charge in [0.05, 0.1) is 6.61 Å². The molecule has 2 rings (SSSR count). The van der Waals surface area contributed by atoms with E-state index >= 15 is 0 Å². The van der Waals surface area contributed by atoms with Crippen molar-refractivity contribution in [3.63, 3.8) is 0 Å². The third-order valence-corrected chi connectivity index (χ3v) is 4.24. The molecule has 2 aliphatic heterocycles.